The molecule has 0 atom stereocenters. The van der Waals surface area contributed by atoms with Gasteiger partial charge in [0, 0.05) is 0 Å². The van der Waals surface area contributed by atoms with Crippen molar-refractivity contribution in [3.8, 4) is 0 Å². The maximum atomic E-state index is 2.61. The maximum Gasteiger partial charge on any atom is -0.00156 e. The molecule has 94 valence electrons. The molecule has 1 aromatic carbocycles. The lowest BCUT2D eigenvalue weighted by atomic mass is 9.99. The molecule has 1 heteroatoms. The Hall–Kier alpha value is -0.820. The Kier molecular flexibility index (Phi) is 5.06. The van der Waals surface area contributed by atoms with Gasteiger partial charge in [-0.05, 0) is 62.9 Å². The third kappa shape index (κ3) is 3.85. The summed E-state index contributed by atoms with van der Waals surface area (Å²) in [6.45, 7) is 6.22. The number of hydrogen-bond acceptors (Lipinski definition) is 1. The summed E-state index contributed by atoms with van der Waals surface area (Å²) in [6.07, 6.45) is 7.88. The summed E-state index contributed by atoms with van der Waals surface area (Å²) in [5.41, 5.74) is 3.14. The molecule has 0 bridgehead atoms. The smallest absolute Gasteiger partial charge is 0.00156 e. The van der Waals surface area contributed by atoms with Gasteiger partial charge in [0.1, 0.15) is 0 Å². The van der Waals surface area contributed by atoms with Crippen molar-refractivity contribution in [2.45, 2.75) is 45.4 Å². The molecule has 1 nitrogen and oxygen atoms in total. The van der Waals surface area contributed by atoms with E-state index in [-0.39, 0.29) is 0 Å². The van der Waals surface area contributed by atoms with Crippen molar-refractivity contribution in [2.24, 2.45) is 0 Å². The van der Waals surface area contributed by atoms with Gasteiger partial charge in [0.2, 0.25) is 0 Å². The van der Waals surface area contributed by atoms with Crippen LogP contribution in [0.3, 0.4) is 0 Å². The van der Waals surface area contributed by atoms with Crippen LogP contribution >= 0.6 is 0 Å². The van der Waals surface area contributed by atoms with Crippen molar-refractivity contribution >= 4 is 0 Å². The predicted molar refractivity (Wildman–Crippen MR) is 74.4 cm³/mol. The summed E-state index contributed by atoms with van der Waals surface area (Å²) in [6, 6.07) is 8.98. The molecule has 2 rings (SSSR count). The van der Waals surface area contributed by atoms with E-state index < -0.39 is 0 Å². The molecule has 0 amide bonds. The first-order valence-electron chi connectivity index (χ1n) is 7.19. The predicted octanol–water partition coefficient (Wildman–Crippen LogP) is 3.67. The summed E-state index contributed by atoms with van der Waals surface area (Å²) in [5, 5.41) is 0. The molecule has 0 aliphatic carbocycles. The van der Waals surface area contributed by atoms with Crippen LogP contribution in [0.2, 0.25) is 0 Å². The van der Waals surface area contributed by atoms with Crippen LogP contribution in [0.25, 0.3) is 0 Å². The Labute approximate surface area is 106 Å². The van der Waals surface area contributed by atoms with Crippen LogP contribution in [0, 0.1) is 0 Å². The Morgan fingerprint density at radius 1 is 1.00 bits per heavy atom. The molecule has 0 N–H and O–H groups in total. The van der Waals surface area contributed by atoms with Crippen molar-refractivity contribution < 1.29 is 0 Å². The molecule has 1 fully saturated rings. The minimum atomic E-state index is 1.24. The number of benzene rings is 1. The molecule has 17 heavy (non-hydrogen) atoms. The van der Waals surface area contributed by atoms with E-state index in [9.17, 15) is 0 Å². The van der Waals surface area contributed by atoms with Gasteiger partial charge in [0.25, 0.3) is 0 Å². The highest BCUT2D eigenvalue weighted by atomic mass is 15.1. The first-order valence-corrected chi connectivity index (χ1v) is 7.19. The lowest BCUT2D eigenvalue weighted by molar-refractivity contribution is 0.334. The number of hydrogen-bond donors (Lipinski definition) is 0. The van der Waals surface area contributed by atoms with E-state index in [1.54, 1.807) is 11.1 Å². The summed E-state index contributed by atoms with van der Waals surface area (Å²) in [5.74, 6) is 0. The third-order valence-electron chi connectivity index (χ3n) is 3.76. The molecule has 0 spiro atoms. The third-order valence-corrected chi connectivity index (χ3v) is 3.76. The summed E-state index contributed by atoms with van der Waals surface area (Å²) in [4.78, 5) is 2.61. The highest BCUT2D eigenvalue weighted by Gasteiger charge is 2.10. The van der Waals surface area contributed by atoms with Crippen molar-refractivity contribution in [3.05, 3.63) is 35.4 Å². The van der Waals surface area contributed by atoms with Gasteiger partial charge in [-0.15, -0.1) is 0 Å². The average molecular weight is 231 g/mol. The Morgan fingerprint density at radius 2 is 1.65 bits per heavy atom. The van der Waals surface area contributed by atoms with E-state index in [1.165, 1.54) is 58.2 Å². The fourth-order valence-electron chi connectivity index (χ4n) is 2.81. The zero-order valence-electron chi connectivity index (χ0n) is 11.1. The molecule has 0 unspecified atom stereocenters. The monoisotopic (exact) mass is 231 g/mol. The lowest BCUT2D eigenvalue weighted by Crippen LogP contribution is -2.20. The molecule has 1 heterocycles. The molecule has 0 radical (unpaired) electrons. The van der Waals surface area contributed by atoms with Crippen LogP contribution in [-0.4, -0.2) is 24.5 Å². The topological polar surface area (TPSA) is 3.24 Å². The second-order valence-electron chi connectivity index (χ2n) is 5.17. The average Bonchev–Trinajstić information content (AvgIpc) is 2.85. The molecule has 1 saturated heterocycles. The van der Waals surface area contributed by atoms with E-state index in [4.69, 9.17) is 0 Å². The van der Waals surface area contributed by atoms with Gasteiger partial charge in [0.05, 0.1) is 0 Å². The molecular weight excluding hydrogens is 206 g/mol. The standard InChI is InChI=1S/C16H25N/c1-2-8-15-9-3-4-10-16(15)11-7-14-17-12-5-6-13-17/h3-4,9-10H,2,5-8,11-14H2,1H3. The molecule has 0 aromatic heterocycles. The molecule has 1 aliphatic heterocycles. The van der Waals surface area contributed by atoms with E-state index >= 15 is 0 Å². The minimum Gasteiger partial charge on any atom is -0.303 e. The van der Waals surface area contributed by atoms with E-state index in [0.29, 0.717) is 0 Å². The highest BCUT2D eigenvalue weighted by Crippen LogP contribution is 2.14. The van der Waals surface area contributed by atoms with Gasteiger partial charge in [-0.25, -0.2) is 0 Å². The number of aryl methyl sites for hydroxylation is 2. The number of rotatable bonds is 6. The van der Waals surface area contributed by atoms with Crippen LogP contribution in [0.15, 0.2) is 24.3 Å². The zero-order valence-corrected chi connectivity index (χ0v) is 11.1. The molecule has 1 aliphatic rings. The Balaban J connectivity index is 1.80. The molecule has 1 aromatic rings. The second kappa shape index (κ2) is 6.80. The number of likely N-dealkylation sites (tertiary alicyclic amines) is 1. The summed E-state index contributed by atoms with van der Waals surface area (Å²) >= 11 is 0. The molecule has 0 saturated carbocycles. The Bertz CT molecular complexity index is 326. The van der Waals surface area contributed by atoms with Crippen LogP contribution in [0.4, 0.5) is 0 Å². The largest absolute Gasteiger partial charge is 0.303 e. The van der Waals surface area contributed by atoms with Gasteiger partial charge in [-0.3, -0.25) is 0 Å². The van der Waals surface area contributed by atoms with Gasteiger partial charge in [-0.2, -0.15) is 0 Å². The fraction of sp³-hybridized carbons (Fsp3) is 0.625. The van der Waals surface area contributed by atoms with E-state index in [2.05, 4.69) is 36.1 Å². The fourth-order valence-corrected chi connectivity index (χ4v) is 2.81. The quantitative estimate of drug-likeness (QED) is 0.722. The van der Waals surface area contributed by atoms with Gasteiger partial charge < -0.3 is 4.90 Å². The van der Waals surface area contributed by atoms with Crippen LogP contribution in [0.5, 0.6) is 0 Å². The van der Waals surface area contributed by atoms with E-state index in [0.717, 1.165) is 0 Å². The van der Waals surface area contributed by atoms with Crippen LogP contribution in [-0.2, 0) is 12.8 Å². The zero-order chi connectivity index (χ0) is 11.9. The van der Waals surface area contributed by atoms with Gasteiger partial charge in [0.15, 0.2) is 0 Å². The van der Waals surface area contributed by atoms with Crippen molar-refractivity contribution in [3.63, 3.8) is 0 Å². The number of nitrogens with zero attached hydrogens (tertiary/aromatic N) is 1. The highest BCUT2D eigenvalue weighted by molar-refractivity contribution is 5.27. The normalized spacial score (nSPS) is 16.5. The van der Waals surface area contributed by atoms with Crippen molar-refractivity contribution in [1.29, 1.82) is 0 Å². The van der Waals surface area contributed by atoms with Crippen LogP contribution in [0.1, 0.15) is 43.7 Å². The summed E-state index contributed by atoms with van der Waals surface area (Å²) < 4.78 is 0. The first-order chi connectivity index (χ1) is 8.40. The van der Waals surface area contributed by atoms with E-state index in [1.807, 2.05) is 0 Å². The van der Waals surface area contributed by atoms with Gasteiger partial charge in [-0.1, -0.05) is 37.6 Å². The SMILES string of the molecule is CCCc1ccccc1CCCN1CCCC1. The summed E-state index contributed by atoms with van der Waals surface area (Å²) in [7, 11) is 0. The van der Waals surface area contributed by atoms with Crippen LogP contribution < -0.4 is 0 Å². The van der Waals surface area contributed by atoms with Gasteiger partial charge >= 0.3 is 0 Å². The van der Waals surface area contributed by atoms with Crippen molar-refractivity contribution in [2.75, 3.05) is 19.6 Å². The maximum absolute atomic E-state index is 2.61. The Morgan fingerprint density at radius 3 is 2.29 bits per heavy atom. The minimum absolute atomic E-state index is 1.24. The second-order valence-corrected chi connectivity index (χ2v) is 5.17. The first kappa shape index (κ1) is 12.6. The lowest BCUT2D eigenvalue weighted by Gasteiger charge is -2.15. The molecular formula is C16H25N. The van der Waals surface area contributed by atoms with Crippen molar-refractivity contribution in [1.82, 2.24) is 4.90 Å².